The Labute approximate surface area is 170 Å². The summed E-state index contributed by atoms with van der Waals surface area (Å²) >= 11 is 0. The third-order valence-corrected chi connectivity index (χ3v) is 4.89. The van der Waals surface area contributed by atoms with Crippen molar-refractivity contribution < 1.29 is 14.6 Å². The Morgan fingerprint density at radius 2 is 1.83 bits per heavy atom. The van der Waals surface area contributed by atoms with Crippen LogP contribution in [0.5, 0.6) is 5.75 Å². The zero-order chi connectivity index (χ0) is 21.1. The van der Waals surface area contributed by atoms with E-state index in [2.05, 4.69) is 9.97 Å². The average Bonchev–Trinajstić information content (AvgIpc) is 2.67. The summed E-state index contributed by atoms with van der Waals surface area (Å²) in [6.07, 6.45) is 2.43. The van der Waals surface area contributed by atoms with Crippen molar-refractivity contribution in [3.63, 3.8) is 0 Å². The number of hydrogen-bond acceptors (Lipinski definition) is 4. The molecule has 0 saturated carbocycles. The minimum atomic E-state index is -1.03. The number of carbonyl (C=O) groups is 1. The summed E-state index contributed by atoms with van der Waals surface area (Å²) in [5, 5.41) is 9.91. The minimum absolute atomic E-state index is 0.135. The van der Waals surface area contributed by atoms with Crippen LogP contribution in [0.4, 0.5) is 10.5 Å². The standard InChI is InChI=1S/C23H25N3O3/c1-14-8-19(18-6-7-24-16(3)10-18)11-20(9-14)26(23(27)28)13-21-17(4)22(29-5)15(2)12-25-21/h6-12H,13H2,1-5H3,(H,27,28). The monoisotopic (exact) mass is 391 g/mol. The molecule has 1 amide bonds. The molecule has 6 heteroatoms. The molecule has 0 unspecified atom stereocenters. The number of pyridine rings is 2. The van der Waals surface area contributed by atoms with Crippen molar-refractivity contribution >= 4 is 11.8 Å². The molecule has 6 nitrogen and oxygen atoms in total. The fourth-order valence-corrected chi connectivity index (χ4v) is 3.46. The van der Waals surface area contributed by atoms with Gasteiger partial charge in [-0.1, -0.05) is 6.07 Å². The molecule has 150 valence electrons. The molecule has 3 aromatic rings. The first-order chi connectivity index (χ1) is 13.8. The van der Waals surface area contributed by atoms with Crippen LogP contribution >= 0.6 is 0 Å². The molecule has 3 rings (SSSR count). The van der Waals surface area contributed by atoms with Crippen molar-refractivity contribution in [2.24, 2.45) is 0 Å². The predicted molar refractivity (Wildman–Crippen MR) is 114 cm³/mol. The first-order valence-corrected chi connectivity index (χ1v) is 9.34. The lowest BCUT2D eigenvalue weighted by atomic mass is 10.0. The van der Waals surface area contributed by atoms with Gasteiger partial charge in [0.1, 0.15) is 5.75 Å². The Morgan fingerprint density at radius 3 is 2.48 bits per heavy atom. The van der Waals surface area contributed by atoms with E-state index in [1.165, 1.54) is 4.90 Å². The number of nitrogens with zero attached hydrogens (tertiary/aromatic N) is 3. The van der Waals surface area contributed by atoms with Crippen molar-refractivity contribution in [1.29, 1.82) is 0 Å². The molecule has 1 aromatic carbocycles. The maximum Gasteiger partial charge on any atom is 0.412 e. The predicted octanol–water partition coefficient (Wildman–Crippen LogP) is 5.07. The normalized spacial score (nSPS) is 10.7. The van der Waals surface area contributed by atoms with E-state index in [0.29, 0.717) is 11.4 Å². The maximum atomic E-state index is 12.1. The number of carboxylic acid groups (broad SMARTS) is 1. The number of aromatic nitrogens is 2. The smallest absolute Gasteiger partial charge is 0.412 e. The van der Waals surface area contributed by atoms with E-state index in [0.717, 1.165) is 39.3 Å². The number of rotatable bonds is 5. The molecule has 2 heterocycles. The molecule has 0 bridgehead atoms. The summed E-state index contributed by atoms with van der Waals surface area (Å²) in [5.74, 6) is 0.734. The highest BCUT2D eigenvalue weighted by molar-refractivity contribution is 5.87. The molecule has 0 aliphatic carbocycles. The lowest BCUT2D eigenvalue weighted by molar-refractivity contribution is 0.201. The lowest BCUT2D eigenvalue weighted by Crippen LogP contribution is -2.29. The van der Waals surface area contributed by atoms with Gasteiger partial charge in [-0.25, -0.2) is 4.79 Å². The van der Waals surface area contributed by atoms with Crippen molar-refractivity contribution in [3.8, 4) is 16.9 Å². The van der Waals surface area contributed by atoms with Crippen LogP contribution in [-0.2, 0) is 6.54 Å². The molecule has 0 aliphatic heterocycles. The van der Waals surface area contributed by atoms with E-state index in [9.17, 15) is 9.90 Å². The van der Waals surface area contributed by atoms with Gasteiger partial charge in [-0.15, -0.1) is 0 Å². The first-order valence-electron chi connectivity index (χ1n) is 9.34. The Kier molecular flexibility index (Phi) is 5.82. The number of amides is 1. The topological polar surface area (TPSA) is 75.5 Å². The SMILES string of the molecule is COc1c(C)cnc(CN(C(=O)O)c2cc(C)cc(-c3ccnc(C)c3)c2)c1C. The third-order valence-electron chi connectivity index (χ3n) is 4.89. The number of anilines is 1. The Hall–Kier alpha value is -3.41. The van der Waals surface area contributed by atoms with Crippen LogP contribution in [0.25, 0.3) is 11.1 Å². The van der Waals surface area contributed by atoms with Gasteiger partial charge in [0.15, 0.2) is 0 Å². The summed E-state index contributed by atoms with van der Waals surface area (Å²) in [6, 6.07) is 9.70. The second-order valence-corrected chi connectivity index (χ2v) is 7.16. The summed E-state index contributed by atoms with van der Waals surface area (Å²) < 4.78 is 5.46. The molecule has 29 heavy (non-hydrogen) atoms. The highest BCUT2D eigenvalue weighted by atomic mass is 16.5. The molecule has 0 spiro atoms. The number of aryl methyl sites for hydroxylation is 3. The number of benzene rings is 1. The first kappa shape index (κ1) is 20.3. The molecular weight excluding hydrogens is 366 g/mol. The van der Waals surface area contributed by atoms with Crippen LogP contribution in [0, 0.1) is 27.7 Å². The van der Waals surface area contributed by atoms with Crippen molar-refractivity contribution in [3.05, 3.63) is 70.8 Å². The van der Waals surface area contributed by atoms with Crippen LogP contribution in [0.2, 0.25) is 0 Å². The Balaban J connectivity index is 2.04. The molecule has 0 atom stereocenters. The van der Waals surface area contributed by atoms with E-state index in [1.807, 2.05) is 58.0 Å². The zero-order valence-corrected chi connectivity index (χ0v) is 17.4. The molecule has 1 N–H and O–H groups in total. The second-order valence-electron chi connectivity index (χ2n) is 7.16. The third kappa shape index (κ3) is 4.37. The highest BCUT2D eigenvalue weighted by Crippen LogP contribution is 2.30. The second kappa shape index (κ2) is 8.31. The quantitative estimate of drug-likeness (QED) is 0.657. The number of hydrogen-bond donors (Lipinski definition) is 1. The van der Waals surface area contributed by atoms with E-state index in [4.69, 9.17) is 4.74 Å². The summed E-state index contributed by atoms with van der Waals surface area (Å²) in [5.41, 5.74) is 6.86. The average molecular weight is 391 g/mol. The molecule has 0 saturated heterocycles. The fourth-order valence-electron chi connectivity index (χ4n) is 3.46. The van der Waals surface area contributed by atoms with Gasteiger partial charge >= 0.3 is 6.09 Å². The van der Waals surface area contributed by atoms with Gasteiger partial charge in [0.05, 0.1) is 19.3 Å². The van der Waals surface area contributed by atoms with Gasteiger partial charge in [-0.05, 0) is 68.7 Å². The minimum Gasteiger partial charge on any atom is -0.496 e. The van der Waals surface area contributed by atoms with E-state index < -0.39 is 6.09 Å². The van der Waals surface area contributed by atoms with E-state index in [1.54, 1.807) is 19.5 Å². The molecule has 0 aliphatic rings. The van der Waals surface area contributed by atoms with Crippen molar-refractivity contribution in [1.82, 2.24) is 9.97 Å². The van der Waals surface area contributed by atoms with Crippen LogP contribution in [-0.4, -0.2) is 28.3 Å². The summed E-state index contributed by atoms with van der Waals surface area (Å²) in [4.78, 5) is 22.1. The van der Waals surface area contributed by atoms with Crippen LogP contribution in [0.15, 0.2) is 42.7 Å². The maximum absolute atomic E-state index is 12.1. The van der Waals surface area contributed by atoms with Gasteiger partial charge in [-0.2, -0.15) is 0 Å². The summed E-state index contributed by atoms with van der Waals surface area (Å²) in [7, 11) is 1.61. The van der Waals surface area contributed by atoms with Gasteiger partial charge in [0.25, 0.3) is 0 Å². The molecular formula is C23H25N3O3. The lowest BCUT2D eigenvalue weighted by Gasteiger charge is -2.22. The van der Waals surface area contributed by atoms with Gasteiger partial charge in [0.2, 0.25) is 0 Å². The van der Waals surface area contributed by atoms with E-state index >= 15 is 0 Å². The van der Waals surface area contributed by atoms with Gasteiger partial charge in [0, 0.05) is 34.9 Å². The molecule has 2 aromatic heterocycles. The molecule has 0 radical (unpaired) electrons. The summed E-state index contributed by atoms with van der Waals surface area (Å²) in [6.45, 7) is 7.84. The highest BCUT2D eigenvalue weighted by Gasteiger charge is 2.20. The van der Waals surface area contributed by atoms with Gasteiger partial charge in [-0.3, -0.25) is 14.9 Å². The van der Waals surface area contributed by atoms with Crippen LogP contribution < -0.4 is 9.64 Å². The number of ether oxygens (including phenoxy) is 1. The van der Waals surface area contributed by atoms with Gasteiger partial charge < -0.3 is 9.84 Å². The Morgan fingerprint density at radius 1 is 1.07 bits per heavy atom. The van der Waals surface area contributed by atoms with Crippen LogP contribution in [0.1, 0.15) is 28.1 Å². The largest absolute Gasteiger partial charge is 0.496 e. The zero-order valence-electron chi connectivity index (χ0n) is 17.4. The van der Waals surface area contributed by atoms with Crippen molar-refractivity contribution in [2.45, 2.75) is 34.2 Å². The van der Waals surface area contributed by atoms with Crippen LogP contribution in [0.3, 0.4) is 0 Å². The number of methoxy groups -OCH3 is 1. The molecule has 0 fully saturated rings. The Bertz CT molecular complexity index is 1060. The van der Waals surface area contributed by atoms with Crippen molar-refractivity contribution in [2.75, 3.05) is 12.0 Å². The van der Waals surface area contributed by atoms with E-state index in [-0.39, 0.29) is 6.54 Å². The fraction of sp³-hybridized carbons (Fsp3) is 0.261.